The summed E-state index contributed by atoms with van der Waals surface area (Å²) in [6, 6.07) is 6.85. The Morgan fingerprint density at radius 3 is 2.44 bits per heavy atom. The lowest BCUT2D eigenvalue weighted by atomic mass is 10.3. The van der Waals surface area contributed by atoms with Crippen molar-refractivity contribution in [3.63, 3.8) is 0 Å². The molecule has 0 fully saturated rings. The molecule has 1 N–H and O–H groups in total. The average molecular weight is 226 g/mol. The Morgan fingerprint density at radius 2 is 1.88 bits per heavy atom. The van der Waals surface area contributed by atoms with Crippen molar-refractivity contribution in [3.05, 3.63) is 24.3 Å². The zero-order valence-electron chi connectivity index (χ0n) is 9.01. The van der Waals surface area contributed by atoms with E-state index in [1.807, 2.05) is 0 Å². The molecule has 88 valence electrons. The van der Waals surface area contributed by atoms with Crippen molar-refractivity contribution in [1.29, 1.82) is 0 Å². The van der Waals surface area contributed by atoms with Gasteiger partial charge in [-0.3, -0.25) is 0 Å². The predicted octanol–water partition coefficient (Wildman–Crippen LogP) is 0.609. The number of methoxy groups -OCH3 is 1. The number of ether oxygens (including phenoxy) is 3. The van der Waals surface area contributed by atoms with Crippen molar-refractivity contribution in [3.8, 4) is 11.5 Å². The van der Waals surface area contributed by atoms with Gasteiger partial charge >= 0.3 is 5.97 Å². The summed E-state index contributed by atoms with van der Waals surface area (Å²) >= 11 is 0. The van der Waals surface area contributed by atoms with Gasteiger partial charge in [0.15, 0.2) is 6.61 Å². The molecule has 0 unspecified atom stereocenters. The van der Waals surface area contributed by atoms with E-state index in [1.165, 1.54) is 0 Å². The Morgan fingerprint density at radius 1 is 1.25 bits per heavy atom. The third-order valence-electron chi connectivity index (χ3n) is 1.77. The van der Waals surface area contributed by atoms with Crippen molar-refractivity contribution in [2.24, 2.45) is 0 Å². The second kappa shape index (κ2) is 6.68. The summed E-state index contributed by atoms with van der Waals surface area (Å²) in [6.07, 6.45) is 0. The molecule has 0 radical (unpaired) electrons. The quantitative estimate of drug-likeness (QED) is 0.720. The molecule has 0 aliphatic carbocycles. The maximum absolute atomic E-state index is 11.0. The molecular formula is C11H14O5. The molecule has 1 aromatic carbocycles. The molecule has 0 aliphatic rings. The van der Waals surface area contributed by atoms with Crippen molar-refractivity contribution in [1.82, 2.24) is 0 Å². The normalized spacial score (nSPS) is 9.62. The van der Waals surface area contributed by atoms with Crippen LogP contribution < -0.4 is 9.47 Å². The Hall–Kier alpha value is -1.75. The SMILES string of the molecule is COc1ccc(OCC(=O)OCCO)cc1. The number of rotatable bonds is 6. The molecular weight excluding hydrogens is 212 g/mol. The van der Waals surface area contributed by atoms with Gasteiger partial charge in [0.1, 0.15) is 18.1 Å². The van der Waals surface area contributed by atoms with Crippen molar-refractivity contribution < 1.29 is 24.1 Å². The third kappa shape index (κ3) is 4.18. The molecule has 0 heterocycles. The van der Waals surface area contributed by atoms with Crippen LogP contribution in [0.25, 0.3) is 0 Å². The maximum atomic E-state index is 11.0. The van der Waals surface area contributed by atoms with Gasteiger partial charge in [-0.15, -0.1) is 0 Å². The monoisotopic (exact) mass is 226 g/mol. The van der Waals surface area contributed by atoms with Crippen LogP contribution in [0.2, 0.25) is 0 Å². The molecule has 0 saturated heterocycles. The van der Waals surface area contributed by atoms with E-state index >= 15 is 0 Å². The first-order chi connectivity index (χ1) is 7.76. The molecule has 0 aromatic heterocycles. The van der Waals surface area contributed by atoms with Gasteiger partial charge in [0.05, 0.1) is 13.7 Å². The minimum Gasteiger partial charge on any atom is -0.497 e. The first kappa shape index (κ1) is 12.3. The summed E-state index contributed by atoms with van der Waals surface area (Å²) in [6.45, 7) is -0.370. The summed E-state index contributed by atoms with van der Waals surface area (Å²) in [5, 5.41) is 8.43. The lowest BCUT2D eigenvalue weighted by molar-refractivity contribution is -0.146. The van der Waals surface area contributed by atoms with E-state index in [9.17, 15) is 4.79 Å². The van der Waals surface area contributed by atoms with E-state index < -0.39 is 5.97 Å². The number of aliphatic hydroxyl groups is 1. The smallest absolute Gasteiger partial charge is 0.344 e. The second-order valence-corrected chi connectivity index (χ2v) is 2.91. The van der Waals surface area contributed by atoms with Gasteiger partial charge in [-0.2, -0.15) is 0 Å². The minimum atomic E-state index is -0.509. The molecule has 5 nitrogen and oxygen atoms in total. The largest absolute Gasteiger partial charge is 0.497 e. The third-order valence-corrected chi connectivity index (χ3v) is 1.77. The van der Waals surface area contributed by atoms with Crippen LogP contribution in [0.1, 0.15) is 0 Å². The Balaban J connectivity index is 2.33. The average Bonchev–Trinajstić information content (AvgIpc) is 2.34. The summed E-state index contributed by atoms with van der Waals surface area (Å²) in [7, 11) is 1.57. The van der Waals surface area contributed by atoms with Crippen LogP contribution in [0, 0.1) is 0 Å². The number of benzene rings is 1. The van der Waals surface area contributed by atoms with Crippen LogP contribution in [0.4, 0.5) is 0 Å². The highest BCUT2D eigenvalue weighted by molar-refractivity contribution is 5.71. The van der Waals surface area contributed by atoms with Gasteiger partial charge in [-0.1, -0.05) is 0 Å². The van der Waals surface area contributed by atoms with E-state index in [2.05, 4.69) is 4.74 Å². The fourth-order valence-electron chi connectivity index (χ4n) is 1.02. The van der Waals surface area contributed by atoms with Gasteiger partial charge in [0, 0.05) is 0 Å². The topological polar surface area (TPSA) is 65.0 Å². The number of carbonyl (C=O) groups is 1. The second-order valence-electron chi connectivity index (χ2n) is 2.91. The Kier molecular flexibility index (Phi) is 5.15. The van der Waals surface area contributed by atoms with Crippen molar-refractivity contribution >= 4 is 5.97 Å². The van der Waals surface area contributed by atoms with Gasteiger partial charge in [-0.05, 0) is 24.3 Å². The van der Waals surface area contributed by atoms with E-state index in [1.54, 1.807) is 31.4 Å². The molecule has 1 aromatic rings. The van der Waals surface area contributed by atoms with Crippen LogP contribution >= 0.6 is 0 Å². The fraction of sp³-hybridized carbons (Fsp3) is 0.364. The molecule has 0 amide bonds. The van der Waals surface area contributed by atoms with Crippen molar-refractivity contribution in [2.45, 2.75) is 0 Å². The first-order valence-electron chi connectivity index (χ1n) is 4.79. The van der Waals surface area contributed by atoms with Gasteiger partial charge in [0.25, 0.3) is 0 Å². The molecule has 0 spiro atoms. The standard InChI is InChI=1S/C11H14O5/c1-14-9-2-4-10(5-3-9)16-8-11(13)15-7-6-12/h2-5,12H,6-8H2,1H3. The van der Waals surface area contributed by atoms with Gasteiger partial charge < -0.3 is 19.3 Å². The highest BCUT2D eigenvalue weighted by atomic mass is 16.6. The van der Waals surface area contributed by atoms with E-state index in [0.717, 1.165) is 5.75 Å². The van der Waals surface area contributed by atoms with Crippen LogP contribution in [0.15, 0.2) is 24.3 Å². The fourth-order valence-corrected chi connectivity index (χ4v) is 1.02. The summed E-state index contributed by atoms with van der Waals surface area (Å²) in [5.41, 5.74) is 0. The number of carbonyl (C=O) groups excluding carboxylic acids is 1. The van der Waals surface area contributed by atoms with Crippen LogP contribution in [-0.2, 0) is 9.53 Å². The number of hydrogen-bond acceptors (Lipinski definition) is 5. The van der Waals surface area contributed by atoms with E-state index in [0.29, 0.717) is 5.75 Å². The van der Waals surface area contributed by atoms with Crippen LogP contribution in [0.3, 0.4) is 0 Å². The molecule has 0 bridgehead atoms. The Bertz CT molecular complexity index is 320. The highest BCUT2D eigenvalue weighted by Crippen LogP contribution is 2.16. The summed E-state index contributed by atoms with van der Waals surface area (Å²) < 4.78 is 14.7. The molecule has 5 heteroatoms. The van der Waals surface area contributed by atoms with E-state index in [-0.39, 0.29) is 19.8 Å². The molecule has 0 saturated carbocycles. The highest BCUT2D eigenvalue weighted by Gasteiger charge is 2.03. The van der Waals surface area contributed by atoms with E-state index in [4.69, 9.17) is 14.6 Å². The number of hydrogen-bond donors (Lipinski definition) is 1. The molecule has 1 rings (SSSR count). The minimum absolute atomic E-state index is 0.00912. The molecule has 0 atom stereocenters. The summed E-state index contributed by atoms with van der Waals surface area (Å²) in [5.74, 6) is 0.766. The molecule has 16 heavy (non-hydrogen) atoms. The zero-order chi connectivity index (χ0) is 11.8. The Labute approximate surface area is 93.6 Å². The van der Waals surface area contributed by atoms with Crippen LogP contribution in [-0.4, -0.2) is 38.0 Å². The number of esters is 1. The van der Waals surface area contributed by atoms with Gasteiger partial charge in [-0.25, -0.2) is 4.79 Å². The predicted molar refractivity (Wildman–Crippen MR) is 56.5 cm³/mol. The zero-order valence-corrected chi connectivity index (χ0v) is 9.01. The lowest BCUT2D eigenvalue weighted by Crippen LogP contribution is -2.16. The summed E-state index contributed by atoms with van der Waals surface area (Å²) in [4.78, 5) is 11.0. The first-order valence-corrected chi connectivity index (χ1v) is 4.79. The maximum Gasteiger partial charge on any atom is 0.344 e. The number of aliphatic hydroxyl groups excluding tert-OH is 1. The van der Waals surface area contributed by atoms with Gasteiger partial charge in [0.2, 0.25) is 0 Å². The lowest BCUT2D eigenvalue weighted by Gasteiger charge is -2.06. The van der Waals surface area contributed by atoms with Crippen molar-refractivity contribution in [2.75, 3.05) is 26.9 Å². The molecule has 0 aliphatic heterocycles. The van der Waals surface area contributed by atoms with Crippen LogP contribution in [0.5, 0.6) is 11.5 Å².